The Bertz CT molecular complexity index is 1830. The summed E-state index contributed by atoms with van der Waals surface area (Å²) in [6, 6.07) is 2.75. The lowest BCUT2D eigenvalue weighted by molar-refractivity contribution is 0.0636. The molecule has 0 bridgehead atoms. The number of methoxy groups -OCH3 is 1. The molecule has 11 nitrogen and oxygen atoms in total. The molecule has 0 radical (unpaired) electrons. The number of rotatable bonds is 7. The summed E-state index contributed by atoms with van der Waals surface area (Å²) in [6.45, 7) is 9.25. The topological polar surface area (TPSA) is 115 Å². The number of nitrogens with zero attached hydrogens (tertiary/aromatic N) is 6. The molecular formula is C33H39F2N7O4S. The normalized spacial score (nSPS) is 18.1. The minimum Gasteiger partial charge on any atom is -0.480 e. The van der Waals surface area contributed by atoms with Crippen molar-refractivity contribution in [1.82, 2.24) is 24.8 Å². The van der Waals surface area contributed by atoms with Crippen LogP contribution in [0.5, 0.6) is 11.9 Å². The molecule has 0 atom stereocenters. The Balaban J connectivity index is 1.34. The van der Waals surface area contributed by atoms with E-state index < -0.39 is 23.3 Å². The zero-order valence-electron chi connectivity index (χ0n) is 27.1. The summed E-state index contributed by atoms with van der Waals surface area (Å²) in [7, 11) is 1.47. The lowest BCUT2D eigenvalue weighted by Gasteiger charge is -2.32. The third-order valence-electron chi connectivity index (χ3n) is 9.20. The molecule has 4 aromatic rings. The molecule has 0 aliphatic carbocycles. The summed E-state index contributed by atoms with van der Waals surface area (Å²) in [5.74, 6) is -0.632. The number of aromatic nitrogens is 4. The molecule has 0 spiro atoms. The monoisotopic (exact) mass is 667 g/mol. The molecule has 1 aromatic carbocycles. The third-order valence-corrected chi connectivity index (χ3v) is 10.2. The van der Waals surface area contributed by atoms with Gasteiger partial charge in [-0.1, -0.05) is 11.3 Å². The number of carbonyl (C=O) groups is 1. The maximum Gasteiger partial charge on any atom is 0.413 e. The Hall–Kier alpha value is -3.91. The van der Waals surface area contributed by atoms with E-state index in [4.69, 9.17) is 19.2 Å². The Morgan fingerprint density at radius 1 is 0.979 bits per heavy atom. The van der Waals surface area contributed by atoms with Crippen molar-refractivity contribution in [2.75, 3.05) is 50.1 Å². The number of pyridine rings is 1. The van der Waals surface area contributed by atoms with Gasteiger partial charge in [0.1, 0.15) is 40.4 Å². The van der Waals surface area contributed by atoms with Gasteiger partial charge in [0, 0.05) is 18.7 Å². The van der Waals surface area contributed by atoms with Crippen LogP contribution >= 0.6 is 11.3 Å². The van der Waals surface area contributed by atoms with Crippen LogP contribution in [0.4, 0.5) is 24.5 Å². The van der Waals surface area contributed by atoms with E-state index in [0.29, 0.717) is 17.8 Å². The Morgan fingerprint density at radius 2 is 1.72 bits per heavy atom. The highest BCUT2D eigenvalue weighted by atomic mass is 32.1. The lowest BCUT2D eigenvalue weighted by atomic mass is 9.95. The number of nitrogens with one attached hydrogen (secondary N) is 1. The maximum atomic E-state index is 16.9. The fraction of sp³-hybridized carbons (Fsp3) is 0.545. The SMILES string of the molecule is COc1nc(-c2ccc(F)c3sc(NC(=O)OC(C)(C)C)nc23)c(F)c2nc(OCC34CCCN3CCC4)nc(N3CCCCC3)c12. The molecule has 0 unspecified atom stereocenters. The summed E-state index contributed by atoms with van der Waals surface area (Å²) in [4.78, 5) is 35.6. The Kier molecular flexibility index (Phi) is 8.27. The van der Waals surface area contributed by atoms with Crippen molar-refractivity contribution in [3.05, 3.63) is 23.8 Å². The quantitative estimate of drug-likeness (QED) is 0.222. The molecule has 3 aliphatic rings. The van der Waals surface area contributed by atoms with Gasteiger partial charge in [-0.05, 0) is 90.9 Å². The largest absolute Gasteiger partial charge is 0.480 e. The van der Waals surface area contributed by atoms with Gasteiger partial charge in [0.15, 0.2) is 10.9 Å². The van der Waals surface area contributed by atoms with Gasteiger partial charge in [0.25, 0.3) is 0 Å². The van der Waals surface area contributed by atoms with Gasteiger partial charge in [-0.3, -0.25) is 10.2 Å². The van der Waals surface area contributed by atoms with Crippen molar-refractivity contribution in [3.63, 3.8) is 0 Å². The molecule has 3 fully saturated rings. The van der Waals surface area contributed by atoms with Gasteiger partial charge < -0.3 is 19.1 Å². The highest BCUT2D eigenvalue weighted by Gasteiger charge is 2.45. The van der Waals surface area contributed by atoms with Crippen molar-refractivity contribution >= 4 is 49.5 Å². The molecule has 7 rings (SSSR count). The first-order valence-electron chi connectivity index (χ1n) is 16.2. The molecule has 6 heterocycles. The number of benzene rings is 1. The smallest absolute Gasteiger partial charge is 0.413 e. The molecule has 1 amide bonds. The number of fused-ring (bicyclic) bond motifs is 3. The van der Waals surface area contributed by atoms with Crippen molar-refractivity contribution in [2.24, 2.45) is 0 Å². The fourth-order valence-electron chi connectivity index (χ4n) is 7.10. The van der Waals surface area contributed by atoms with E-state index in [-0.39, 0.29) is 49.6 Å². The summed E-state index contributed by atoms with van der Waals surface area (Å²) in [5.41, 5.74) is -0.532. The third kappa shape index (κ3) is 6.01. The minimum atomic E-state index is -0.739. The second-order valence-corrected chi connectivity index (χ2v) is 14.5. The molecule has 3 aromatic heterocycles. The standard InChI is InChI=1S/C33H39F2N7O4S/c1-32(2,3)46-31(43)40-30-38-24-19(10-11-20(34)26(24)47-30)23-22(35)25-21(28(36-23)44-4)27(41-14-6-5-7-15-41)39-29(37-25)45-18-33-12-8-16-42(33)17-9-13-33/h10-11H,5-9,12-18H2,1-4H3,(H,38,40,43). The summed E-state index contributed by atoms with van der Waals surface area (Å²) in [6.07, 6.45) is 6.68. The van der Waals surface area contributed by atoms with E-state index in [9.17, 15) is 4.79 Å². The number of ether oxygens (including phenoxy) is 3. The average molecular weight is 668 g/mol. The number of anilines is 2. The van der Waals surface area contributed by atoms with Gasteiger partial charge >= 0.3 is 12.1 Å². The molecule has 3 aliphatic heterocycles. The van der Waals surface area contributed by atoms with Crippen molar-refractivity contribution in [3.8, 4) is 23.1 Å². The molecule has 14 heteroatoms. The van der Waals surface area contributed by atoms with Crippen LogP contribution in [0.15, 0.2) is 12.1 Å². The van der Waals surface area contributed by atoms with E-state index in [0.717, 1.165) is 82.5 Å². The number of hydrogen-bond donors (Lipinski definition) is 1. The molecule has 0 saturated carbocycles. The van der Waals surface area contributed by atoms with E-state index in [2.05, 4.69) is 30.1 Å². The van der Waals surface area contributed by atoms with Crippen LogP contribution in [-0.2, 0) is 4.74 Å². The first-order chi connectivity index (χ1) is 22.5. The van der Waals surface area contributed by atoms with E-state index in [1.807, 2.05) is 0 Å². The van der Waals surface area contributed by atoms with Crippen LogP contribution in [-0.4, -0.2) is 82.0 Å². The number of thiazole rings is 1. The molecule has 1 N–H and O–H groups in total. The summed E-state index contributed by atoms with van der Waals surface area (Å²) >= 11 is 0.920. The fourth-order valence-corrected chi connectivity index (χ4v) is 7.98. The van der Waals surface area contributed by atoms with Crippen LogP contribution in [0.3, 0.4) is 0 Å². The second-order valence-electron chi connectivity index (χ2n) is 13.5. The van der Waals surface area contributed by atoms with Gasteiger partial charge in [-0.25, -0.2) is 23.5 Å². The Morgan fingerprint density at radius 3 is 2.43 bits per heavy atom. The maximum absolute atomic E-state index is 16.9. The van der Waals surface area contributed by atoms with Gasteiger partial charge in [-0.2, -0.15) is 9.97 Å². The average Bonchev–Trinajstić information content (AvgIpc) is 3.75. The number of carbonyl (C=O) groups excluding carboxylic acids is 1. The van der Waals surface area contributed by atoms with E-state index >= 15 is 8.78 Å². The van der Waals surface area contributed by atoms with Crippen LogP contribution in [0.25, 0.3) is 32.4 Å². The van der Waals surface area contributed by atoms with E-state index in [1.54, 1.807) is 20.8 Å². The van der Waals surface area contributed by atoms with Gasteiger partial charge in [0.2, 0.25) is 5.88 Å². The molecule has 47 heavy (non-hydrogen) atoms. The number of amides is 1. The van der Waals surface area contributed by atoms with Crippen molar-refractivity contribution in [1.29, 1.82) is 0 Å². The predicted molar refractivity (Wildman–Crippen MR) is 177 cm³/mol. The van der Waals surface area contributed by atoms with E-state index in [1.165, 1.54) is 19.2 Å². The molecule has 3 saturated heterocycles. The zero-order chi connectivity index (χ0) is 32.9. The number of hydrogen-bond acceptors (Lipinski definition) is 11. The first-order valence-corrected chi connectivity index (χ1v) is 17.0. The Labute approximate surface area is 275 Å². The predicted octanol–water partition coefficient (Wildman–Crippen LogP) is 6.93. The molecular weight excluding hydrogens is 628 g/mol. The molecule has 250 valence electrons. The highest BCUT2D eigenvalue weighted by molar-refractivity contribution is 7.22. The van der Waals surface area contributed by atoms with Crippen LogP contribution in [0, 0.1) is 11.6 Å². The first kappa shape index (κ1) is 31.7. The van der Waals surface area contributed by atoms with Crippen molar-refractivity contribution < 1.29 is 27.8 Å². The van der Waals surface area contributed by atoms with Crippen LogP contribution in [0.2, 0.25) is 0 Å². The number of piperidine rings is 1. The van der Waals surface area contributed by atoms with Crippen molar-refractivity contribution in [2.45, 2.75) is 76.9 Å². The number of halogens is 2. The zero-order valence-corrected chi connectivity index (χ0v) is 27.9. The lowest BCUT2D eigenvalue weighted by Crippen LogP contribution is -2.43. The summed E-state index contributed by atoms with van der Waals surface area (Å²) < 4.78 is 49.5. The van der Waals surface area contributed by atoms with Gasteiger partial charge in [-0.15, -0.1) is 0 Å². The highest BCUT2D eigenvalue weighted by Crippen LogP contribution is 2.43. The van der Waals surface area contributed by atoms with Gasteiger partial charge in [0.05, 0.1) is 22.9 Å². The summed E-state index contributed by atoms with van der Waals surface area (Å²) in [5, 5.41) is 3.02. The van der Waals surface area contributed by atoms with Crippen LogP contribution < -0.4 is 19.7 Å². The second kappa shape index (κ2) is 12.3. The van der Waals surface area contributed by atoms with Crippen LogP contribution in [0.1, 0.15) is 65.7 Å². The minimum absolute atomic E-state index is 0.00410.